The lowest BCUT2D eigenvalue weighted by Crippen LogP contribution is -2.39. The van der Waals surface area contributed by atoms with Gasteiger partial charge in [0, 0.05) is 31.6 Å². The van der Waals surface area contributed by atoms with E-state index in [1.54, 1.807) is 13.1 Å². The lowest BCUT2D eigenvalue weighted by Gasteiger charge is -2.26. The van der Waals surface area contributed by atoms with Crippen molar-refractivity contribution in [3.63, 3.8) is 0 Å². The van der Waals surface area contributed by atoms with Crippen LogP contribution in [0.2, 0.25) is 0 Å². The number of guanidine groups is 1. The zero-order chi connectivity index (χ0) is 18.9. The molecule has 2 aromatic carbocycles. The van der Waals surface area contributed by atoms with E-state index in [4.69, 9.17) is 9.47 Å². The van der Waals surface area contributed by atoms with Crippen molar-refractivity contribution in [2.24, 2.45) is 4.99 Å². The van der Waals surface area contributed by atoms with E-state index in [9.17, 15) is 0 Å². The molecule has 27 heavy (non-hydrogen) atoms. The van der Waals surface area contributed by atoms with E-state index in [1.807, 2.05) is 36.4 Å². The Bertz CT molecular complexity index is 789. The minimum Gasteiger partial charge on any atom is -0.493 e. The third kappa shape index (κ3) is 5.03. The number of rotatable bonds is 7. The zero-order valence-corrected chi connectivity index (χ0v) is 15.8. The molecule has 1 aliphatic heterocycles. The number of fused-ring (bicyclic) bond motifs is 1. The van der Waals surface area contributed by atoms with E-state index in [0.717, 1.165) is 42.6 Å². The molecule has 0 aliphatic carbocycles. The predicted molar refractivity (Wildman–Crippen MR) is 110 cm³/mol. The van der Waals surface area contributed by atoms with Crippen molar-refractivity contribution in [3.05, 3.63) is 72.3 Å². The zero-order valence-electron chi connectivity index (χ0n) is 15.8. The third-order valence-electron chi connectivity index (χ3n) is 4.60. The maximum Gasteiger partial charge on any atom is 0.191 e. The number of nitrogens with zero attached hydrogens (tertiary/aromatic N) is 1. The van der Waals surface area contributed by atoms with Gasteiger partial charge in [0.15, 0.2) is 5.96 Å². The van der Waals surface area contributed by atoms with Crippen LogP contribution in [0.5, 0.6) is 11.5 Å². The molecule has 0 saturated carbocycles. The second-order valence-corrected chi connectivity index (χ2v) is 6.39. The van der Waals surface area contributed by atoms with E-state index in [-0.39, 0.29) is 0 Å². The number of hydrogen-bond donors (Lipinski definition) is 2. The van der Waals surface area contributed by atoms with Crippen LogP contribution in [0.25, 0.3) is 0 Å². The van der Waals surface area contributed by atoms with Gasteiger partial charge in [-0.3, -0.25) is 4.99 Å². The summed E-state index contributed by atoms with van der Waals surface area (Å²) in [7, 11) is 1.79. The quantitative estimate of drug-likeness (QED) is 0.448. The van der Waals surface area contributed by atoms with Crippen molar-refractivity contribution < 1.29 is 9.47 Å². The summed E-state index contributed by atoms with van der Waals surface area (Å²) in [5, 5.41) is 6.81. The molecule has 5 nitrogen and oxygen atoms in total. The maximum atomic E-state index is 5.74. The molecule has 1 unspecified atom stereocenters. The largest absolute Gasteiger partial charge is 0.493 e. The molecular weight excluding hydrogens is 338 g/mol. The van der Waals surface area contributed by atoms with Gasteiger partial charge in [-0.05, 0) is 24.1 Å². The monoisotopic (exact) mass is 365 g/mol. The maximum absolute atomic E-state index is 5.74. The van der Waals surface area contributed by atoms with Crippen LogP contribution < -0.4 is 20.1 Å². The molecule has 1 aliphatic rings. The summed E-state index contributed by atoms with van der Waals surface area (Å²) in [5.41, 5.74) is 2.34. The third-order valence-corrected chi connectivity index (χ3v) is 4.60. The van der Waals surface area contributed by atoms with E-state index >= 15 is 0 Å². The Kier molecular flexibility index (Phi) is 6.74. The molecule has 0 amide bonds. The fourth-order valence-electron chi connectivity index (χ4n) is 3.19. The van der Waals surface area contributed by atoms with Gasteiger partial charge >= 0.3 is 0 Å². The highest BCUT2D eigenvalue weighted by molar-refractivity contribution is 5.79. The minimum absolute atomic E-state index is 0.414. The highest BCUT2D eigenvalue weighted by Crippen LogP contribution is 2.32. The minimum atomic E-state index is 0.414. The van der Waals surface area contributed by atoms with Crippen LogP contribution in [0.3, 0.4) is 0 Å². The first kappa shape index (κ1) is 18.8. The number of benzene rings is 2. The molecule has 1 heterocycles. The Morgan fingerprint density at radius 2 is 2.04 bits per heavy atom. The summed E-state index contributed by atoms with van der Waals surface area (Å²) < 4.78 is 11.5. The summed E-state index contributed by atoms with van der Waals surface area (Å²) in [6.07, 6.45) is 2.75. The van der Waals surface area contributed by atoms with Crippen molar-refractivity contribution in [1.82, 2.24) is 10.6 Å². The molecule has 0 radical (unpaired) electrons. The fraction of sp³-hybridized carbons (Fsp3) is 0.318. The average molecular weight is 365 g/mol. The molecule has 5 heteroatoms. The average Bonchev–Trinajstić information content (AvgIpc) is 2.73. The van der Waals surface area contributed by atoms with Gasteiger partial charge in [0.25, 0.3) is 0 Å². The van der Waals surface area contributed by atoms with E-state index < -0.39 is 0 Å². The van der Waals surface area contributed by atoms with Crippen molar-refractivity contribution >= 4 is 5.96 Å². The topological polar surface area (TPSA) is 54.9 Å². The van der Waals surface area contributed by atoms with Crippen LogP contribution >= 0.6 is 0 Å². The Labute approximate surface area is 161 Å². The summed E-state index contributed by atoms with van der Waals surface area (Å²) >= 11 is 0. The number of aliphatic imine (C=N–C) groups is 1. The van der Waals surface area contributed by atoms with Crippen molar-refractivity contribution in [2.45, 2.75) is 18.9 Å². The predicted octanol–water partition coefficient (Wildman–Crippen LogP) is 3.48. The molecule has 0 saturated heterocycles. The van der Waals surface area contributed by atoms with E-state index in [1.165, 1.54) is 5.56 Å². The van der Waals surface area contributed by atoms with E-state index in [2.05, 4.69) is 34.3 Å². The summed E-state index contributed by atoms with van der Waals surface area (Å²) in [6, 6.07) is 16.3. The van der Waals surface area contributed by atoms with Crippen LogP contribution in [0, 0.1) is 0 Å². The fourth-order valence-corrected chi connectivity index (χ4v) is 3.19. The molecule has 0 bridgehead atoms. The van der Waals surface area contributed by atoms with Gasteiger partial charge in [0.1, 0.15) is 18.1 Å². The van der Waals surface area contributed by atoms with E-state index in [0.29, 0.717) is 19.1 Å². The highest BCUT2D eigenvalue weighted by atomic mass is 16.5. The number of nitrogens with one attached hydrogen (secondary N) is 2. The van der Waals surface area contributed by atoms with Crippen molar-refractivity contribution in [3.8, 4) is 11.5 Å². The van der Waals surface area contributed by atoms with Crippen molar-refractivity contribution in [2.75, 3.05) is 26.8 Å². The van der Waals surface area contributed by atoms with Crippen LogP contribution in [-0.4, -0.2) is 32.8 Å². The first-order valence-corrected chi connectivity index (χ1v) is 9.29. The first-order chi connectivity index (χ1) is 13.3. The summed E-state index contributed by atoms with van der Waals surface area (Å²) in [6.45, 7) is 6.40. The SMILES string of the molecule is C=CCOc1ccccc1CNC(=NC)NCC1CCOc2ccccc21. The van der Waals surface area contributed by atoms with Gasteiger partial charge in [0.05, 0.1) is 6.61 Å². The molecular formula is C22H27N3O2. The second kappa shape index (κ2) is 9.67. The van der Waals surface area contributed by atoms with Gasteiger partial charge in [-0.25, -0.2) is 0 Å². The molecule has 2 N–H and O–H groups in total. The Morgan fingerprint density at radius 1 is 1.22 bits per heavy atom. The normalized spacial score (nSPS) is 16.0. The van der Waals surface area contributed by atoms with Crippen LogP contribution in [0.4, 0.5) is 0 Å². The van der Waals surface area contributed by atoms with Crippen LogP contribution in [0.1, 0.15) is 23.5 Å². The smallest absolute Gasteiger partial charge is 0.191 e. The standard InChI is InChI=1S/C22H27N3O2/c1-3-13-26-20-10-6-4-8-18(20)16-25-22(23-2)24-15-17-12-14-27-21-11-7-5-9-19(17)21/h3-11,17H,1,12-16H2,2H3,(H2,23,24,25). The van der Waals surface area contributed by atoms with Gasteiger partial charge in [-0.1, -0.05) is 49.1 Å². The van der Waals surface area contributed by atoms with Gasteiger partial charge < -0.3 is 20.1 Å². The Hall–Kier alpha value is -2.95. The highest BCUT2D eigenvalue weighted by Gasteiger charge is 2.21. The Morgan fingerprint density at radius 3 is 2.89 bits per heavy atom. The molecule has 3 rings (SSSR count). The summed E-state index contributed by atoms with van der Waals surface area (Å²) in [4.78, 5) is 4.34. The first-order valence-electron chi connectivity index (χ1n) is 9.29. The summed E-state index contributed by atoms with van der Waals surface area (Å²) in [5.74, 6) is 3.04. The molecule has 0 fully saturated rings. The molecule has 2 aromatic rings. The lowest BCUT2D eigenvalue weighted by atomic mass is 9.93. The number of hydrogen-bond acceptors (Lipinski definition) is 3. The van der Waals surface area contributed by atoms with Gasteiger partial charge in [0.2, 0.25) is 0 Å². The van der Waals surface area contributed by atoms with Crippen LogP contribution in [-0.2, 0) is 6.54 Å². The Balaban J connectivity index is 1.56. The van der Waals surface area contributed by atoms with Gasteiger partial charge in [-0.15, -0.1) is 0 Å². The molecule has 142 valence electrons. The second-order valence-electron chi connectivity index (χ2n) is 6.39. The molecule has 0 spiro atoms. The van der Waals surface area contributed by atoms with Gasteiger partial charge in [-0.2, -0.15) is 0 Å². The van der Waals surface area contributed by atoms with Crippen molar-refractivity contribution in [1.29, 1.82) is 0 Å². The molecule has 0 aromatic heterocycles. The lowest BCUT2D eigenvalue weighted by molar-refractivity contribution is 0.267. The number of ether oxygens (including phenoxy) is 2. The van der Waals surface area contributed by atoms with Crippen LogP contribution in [0.15, 0.2) is 66.2 Å². The molecule has 1 atom stereocenters. The number of para-hydroxylation sites is 2.